The summed E-state index contributed by atoms with van der Waals surface area (Å²) in [7, 11) is 1.52. The summed E-state index contributed by atoms with van der Waals surface area (Å²) in [4.78, 5) is 23.7. The molecular weight excluding hydrogens is 365 g/mol. The predicted molar refractivity (Wildman–Crippen MR) is 97.5 cm³/mol. The first-order valence-corrected chi connectivity index (χ1v) is 8.26. The molecule has 2 N–H and O–H groups in total. The number of carbonyl (C=O) groups excluding carboxylic acids is 1. The lowest BCUT2D eigenvalue weighted by atomic mass is 9.95. The second kappa shape index (κ2) is 8.74. The molecule has 0 fully saturated rings. The van der Waals surface area contributed by atoms with Gasteiger partial charge in [-0.2, -0.15) is 0 Å². The maximum atomic E-state index is 12.2. The summed E-state index contributed by atoms with van der Waals surface area (Å²) in [5, 5.41) is 12.8. The van der Waals surface area contributed by atoms with Gasteiger partial charge < -0.3 is 15.2 Å². The summed E-state index contributed by atoms with van der Waals surface area (Å²) < 4.78 is 5.23. The van der Waals surface area contributed by atoms with Crippen molar-refractivity contribution in [3.8, 4) is 5.75 Å². The Kier molecular flexibility index (Phi) is 6.67. The van der Waals surface area contributed by atoms with Crippen molar-refractivity contribution in [3.63, 3.8) is 0 Å². The molecule has 2 aromatic rings. The maximum Gasteiger partial charge on any atom is 0.307 e. The van der Waals surface area contributed by atoms with Gasteiger partial charge in [0.05, 0.1) is 23.1 Å². The van der Waals surface area contributed by atoms with Crippen LogP contribution in [0.5, 0.6) is 5.75 Å². The summed E-state index contributed by atoms with van der Waals surface area (Å²) in [5.74, 6) is -1.74. The number of rotatable bonds is 7. The highest BCUT2D eigenvalue weighted by Gasteiger charge is 2.23. The topological polar surface area (TPSA) is 75.6 Å². The summed E-state index contributed by atoms with van der Waals surface area (Å²) in [6.45, 7) is 0. The molecule has 2 aromatic carbocycles. The van der Waals surface area contributed by atoms with Gasteiger partial charge in [-0.1, -0.05) is 41.4 Å². The summed E-state index contributed by atoms with van der Waals surface area (Å²) in [5.41, 5.74) is 1.19. The number of hydrogen-bond acceptors (Lipinski definition) is 3. The van der Waals surface area contributed by atoms with Gasteiger partial charge in [-0.15, -0.1) is 0 Å². The number of aliphatic carboxylic acids is 1. The zero-order valence-corrected chi connectivity index (χ0v) is 15.0. The highest BCUT2D eigenvalue weighted by Crippen LogP contribution is 2.26. The summed E-state index contributed by atoms with van der Waals surface area (Å²) >= 11 is 11.7. The highest BCUT2D eigenvalue weighted by molar-refractivity contribution is 6.42. The van der Waals surface area contributed by atoms with Crippen LogP contribution < -0.4 is 10.1 Å². The molecule has 1 amide bonds. The molecular formula is C18H17Cl2NO4. The SMILES string of the molecule is COc1ccccc1CC(CC(=O)Nc1ccc(Cl)c(Cl)c1)C(=O)O. The Hall–Kier alpha value is -2.24. The molecule has 25 heavy (non-hydrogen) atoms. The number of methoxy groups -OCH3 is 1. The average Bonchev–Trinajstić information content (AvgIpc) is 2.58. The Balaban J connectivity index is 2.06. The van der Waals surface area contributed by atoms with Crippen molar-refractivity contribution in [3.05, 3.63) is 58.1 Å². The number of amides is 1. The zero-order valence-electron chi connectivity index (χ0n) is 13.5. The van der Waals surface area contributed by atoms with Crippen molar-refractivity contribution in [2.45, 2.75) is 12.8 Å². The van der Waals surface area contributed by atoms with Gasteiger partial charge in [0.25, 0.3) is 0 Å². The van der Waals surface area contributed by atoms with Crippen molar-refractivity contribution in [1.29, 1.82) is 0 Å². The molecule has 0 saturated heterocycles. The first kappa shape index (κ1) is 19.1. The molecule has 5 nitrogen and oxygen atoms in total. The van der Waals surface area contributed by atoms with Crippen molar-refractivity contribution >= 4 is 40.8 Å². The zero-order chi connectivity index (χ0) is 18.4. The lowest BCUT2D eigenvalue weighted by Crippen LogP contribution is -2.24. The molecule has 0 spiro atoms. The lowest BCUT2D eigenvalue weighted by Gasteiger charge is -2.15. The van der Waals surface area contributed by atoms with Crippen molar-refractivity contribution < 1.29 is 19.4 Å². The van der Waals surface area contributed by atoms with Crippen LogP contribution in [0.25, 0.3) is 0 Å². The Morgan fingerprint density at radius 1 is 1.16 bits per heavy atom. The van der Waals surface area contributed by atoms with Gasteiger partial charge in [0.15, 0.2) is 0 Å². The highest BCUT2D eigenvalue weighted by atomic mass is 35.5. The van der Waals surface area contributed by atoms with Gasteiger partial charge in [-0.25, -0.2) is 0 Å². The molecule has 0 aromatic heterocycles. The van der Waals surface area contributed by atoms with Crippen molar-refractivity contribution in [2.75, 3.05) is 12.4 Å². The van der Waals surface area contributed by atoms with E-state index in [0.717, 1.165) is 5.56 Å². The number of carboxylic acid groups (broad SMARTS) is 1. The first-order chi connectivity index (χ1) is 11.9. The third-order valence-corrected chi connectivity index (χ3v) is 4.38. The largest absolute Gasteiger partial charge is 0.496 e. The van der Waals surface area contributed by atoms with E-state index in [1.54, 1.807) is 36.4 Å². The smallest absolute Gasteiger partial charge is 0.307 e. The molecule has 0 saturated carbocycles. The maximum absolute atomic E-state index is 12.2. The minimum absolute atomic E-state index is 0.173. The predicted octanol–water partition coefficient (Wildman–Crippen LogP) is 4.27. The third kappa shape index (κ3) is 5.37. The molecule has 1 atom stereocenters. The fraction of sp³-hybridized carbons (Fsp3) is 0.222. The van der Waals surface area contributed by atoms with Crippen LogP contribution in [0.2, 0.25) is 10.0 Å². The fourth-order valence-corrected chi connectivity index (χ4v) is 2.69. The van der Waals surface area contributed by atoms with Gasteiger partial charge in [-0.05, 0) is 36.2 Å². The molecule has 2 rings (SSSR count). The molecule has 0 aliphatic heterocycles. The van der Waals surface area contributed by atoms with Crippen LogP contribution in [0.15, 0.2) is 42.5 Å². The molecule has 0 aliphatic rings. The molecule has 0 aliphatic carbocycles. The number of carboxylic acids is 1. The Bertz CT molecular complexity index is 779. The molecule has 0 bridgehead atoms. The number of carbonyl (C=O) groups is 2. The van der Waals surface area contributed by atoms with Gasteiger partial charge in [0.2, 0.25) is 5.91 Å². The average molecular weight is 382 g/mol. The fourth-order valence-electron chi connectivity index (χ4n) is 2.39. The minimum Gasteiger partial charge on any atom is -0.496 e. The monoisotopic (exact) mass is 381 g/mol. The van der Waals surface area contributed by atoms with Gasteiger partial charge in [0, 0.05) is 12.1 Å². The lowest BCUT2D eigenvalue weighted by molar-refractivity contribution is -0.143. The Labute approximate surface area is 155 Å². The molecule has 1 unspecified atom stereocenters. The van der Waals surface area contributed by atoms with E-state index in [1.807, 2.05) is 0 Å². The van der Waals surface area contributed by atoms with Crippen LogP contribution >= 0.6 is 23.2 Å². The number of benzene rings is 2. The van der Waals surface area contributed by atoms with Crippen LogP contribution in [0.1, 0.15) is 12.0 Å². The molecule has 7 heteroatoms. The van der Waals surface area contributed by atoms with Crippen LogP contribution in [-0.2, 0) is 16.0 Å². The van der Waals surface area contributed by atoms with Gasteiger partial charge >= 0.3 is 5.97 Å². The van der Waals surface area contributed by atoms with Crippen LogP contribution in [0, 0.1) is 5.92 Å². The third-order valence-electron chi connectivity index (χ3n) is 3.64. The van der Waals surface area contributed by atoms with Gasteiger partial charge in [0.1, 0.15) is 5.75 Å². The minimum atomic E-state index is -1.05. The summed E-state index contributed by atoms with van der Waals surface area (Å²) in [6.07, 6.45) is 0.0156. The number of anilines is 1. The quantitative estimate of drug-likeness (QED) is 0.750. The van der Waals surface area contributed by atoms with Crippen LogP contribution in [0.3, 0.4) is 0 Å². The normalized spacial score (nSPS) is 11.6. The number of halogens is 2. The van der Waals surface area contributed by atoms with Crippen LogP contribution in [-0.4, -0.2) is 24.1 Å². The molecule has 132 valence electrons. The van der Waals surface area contributed by atoms with E-state index in [2.05, 4.69) is 5.32 Å². The van der Waals surface area contributed by atoms with E-state index < -0.39 is 17.8 Å². The second-order valence-electron chi connectivity index (χ2n) is 5.43. The number of ether oxygens (including phenoxy) is 1. The van der Waals surface area contributed by atoms with Crippen LogP contribution in [0.4, 0.5) is 5.69 Å². The standard InChI is InChI=1S/C18H17Cl2NO4/c1-25-16-5-3-2-4-11(16)8-12(18(23)24)9-17(22)21-13-6-7-14(19)15(20)10-13/h2-7,10,12H,8-9H2,1H3,(H,21,22)(H,23,24). The number of para-hydroxylation sites is 1. The Morgan fingerprint density at radius 3 is 2.52 bits per heavy atom. The molecule has 0 radical (unpaired) electrons. The van der Waals surface area contributed by atoms with E-state index in [0.29, 0.717) is 21.5 Å². The van der Waals surface area contributed by atoms with Crippen molar-refractivity contribution in [2.24, 2.45) is 5.92 Å². The van der Waals surface area contributed by atoms with E-state index in [1.165, 1.54) is 13.2 Å². The first-order valence-electron chi connectivity index (χ1n) is 7.50. The Morgan fingerprint density at radius 2 is 1.88 bits per heavy atom. The molecule has 0 heterocycles. The van der Waals surface area contributed by atoms with E-state index >= 15 is 0 Å². The second-order valence-corrected chi connectivity index (χ2v) is 6.25. The van der Waals surface area contributed by atoms with E-state index in [9.17, 15) is 14.7 Å². The van der Waals surface area contributed by atoms with E-state index in [-0.39, 0.29) is 12.8 Å². The van der Waals surface area contributed by atoms with E-state index in [4.69, 9.17) is 27.9 Å². The summed E-state index contributed by atoms with van der Waals surface area (Å²) in [6, 6.07) is 11.8. The van der Waals surface area contributed by atoms with Crippen molar-refractivity contribution in [1.82, 2.24) is 0 Å². The number of nitrogens with one attached hydrogen (secondary N) is 1. The number of hydrogen-bond donors (Lipinski definition) is 2. The van der Waals surface area contributed by atoms with Gasteiger partial charge in [-0.3, -0.25) is 9.59 Å².